The van der Waals surface area contributed by atoms with Crippen LogP contribution < -0.4 is 5.73 Å². The molecule has 0 aliphatic carbocycles. The summed E-state index contributed by atoms with van der Waals surface area (Å²) in [5.74, 6) is 0.206. The minimum Gasteiger partial charge on any atom is -0.368 e. The number of hydrogen-bond acceptors (Lipinski definition) is 5. The van der Waals surface area contributed by atoms with Gasteiger partial charge in [-0.3, -0.25) is 9.78 Å². The predicted octanol–water partition coefficient (Wildman–Crippen LogP) is 1.76. The lowest BCUT2D eigenvalue weighted by Crippen LogP contribution is -2.25. The van der Waals surface area contributed by atoms with Crippen molar-refractivity contribution in [1.82, 2.24) is 19.9 Å². The van der Waals surface area contributed by atoms with Gasteiger partial charge in [0.15, 0.2) is 0 Å². The van der Waals surface area contributed by atoms with Crippen LogP contribution in [0.5, 0.6) is 0 Å². The summed E-state index contributed by atoms with van der Waals surface area (Å²) in [6.07, 6.45) is 3.41. The third-order valence-electron chi connectivity index (χ3n) is 3.84. The molecule has 108 valence electrons. The van der Waals surface area contributed by atoms with E-state index in [2.05, 4.69) is 15.0 Å². The van der Waals surface area contributed by atoms with Crippen LogP contribution in [-0.4, -0.2) is 25.8 Å². The number of nitrogens with zero attached hydrogens (tertiary/aromatic N) is 4. The molecule has 1 aromatic carbocycles. The first-order valence-corrected chi connectivity index (χ1v) is 6.95. The highest BCUT2D eigenvalue weighted by Crippen LogP contribution is 2.25. The van der Waals surface area contributed by atoms with Gasteiger partial charge in [-0.2, -0.15) is 0 Å². The Hall–Kier alpha value is -3.02. The third kappa shape index (κ3) is 1.96. The zero-order valence-corrected chi connectivity index (χ0v) is 11.7. The number of fused-ring (bicyclic) bond motifs is 2. The van der Waals surface area contributed by atoms with Crippen molar-refractivity contribution in [3.8, 4) is 0 Å². The number of carbonyl (C=O) groups is 1. The number of aromatic nitrogens is 3. The average molecular weight is 291 g/mol. The van der Waals surface area contributed by atoms with E-state index in [0.717, 1.165) is 22.2 Å². The first kappa shape index (κ1) is 12.7. The highest BCUT2D eigenvalue weighted by atomic mass is 16.2. The smallest absolute Gasteiger partial charge is 0.255 e. The molecular weight excluding hydrogens is 278 g/mol. The van der Waals surface area contributed by atoms with Crippen molar-refractivity contribution >= 4 is 22.8 Å². The molecular formula is C16H13N5O. The van der Waals surface area contributed by atoms with E-state index >= 15 is 0 Å². The normalized spacial score (nSPS) is 13.4. The van der Waals surface area contributed by atoms with E-state index in [1.807, 2.05) is 30.3 Å². The third-order valence-corrected chi connectivity index (χ3v) is 3.84. The van der Waals surface area contributed by atoms with Crippen LogP contribution in [0.2, 0.25) is 0 Å². The van der Waals surface area contributed by atoms with E-state index in [1.54, 1.807) is 17.3 Å². The van der Waals surface area contributed by atoms with Gasteiger partial charge in [-0.1, -0.05) is 12.1 Å². The molecule has 0 unspecified atom stereocenters. The zero-order valence-electron chi connectivity index (χ0n) is 11.7. The first-order chi connectivity index (χ1) is 10.7. The number of nitrogen functional groups attached to an aromatic ring is 1. The van der Waals surface area contributed by atoms with Crippen molar-refractivity contribution in [2.45, 2.75) is 13.1 Å². The summed E-state index contributed by atoms with van der Waals surface area (Å²) in [5, 5.41) is 0.858. The fourth-order valence-corrected chi connectivity index (χ4v) is 2.77. The van der Waals surface area contributed by atoms with Gasteiger partial charge in [-0.15, -0.1) is 0 Å². The topological polar surface area (TPSA) is 85.0 Å². The number of rotatable bonds is 1. The van der Waals surface area contributed by atoms with E-state index in [9.17, 15) is 4.79 Å². The van der Waals surface area contributed by atoms with Crippen molar-refractivity contribution in [2.24, 2.45) is 0 Å². The Morgan fingerprint density at radius 1 is 1.14 bits per heavy atom. The molecule has 22 heavy (non-hydrogen) atoms. The second-order valence-electron chi connectivity index (χ2n) is 5.24. The van der Waals surface area contributed by atoms with E-state index < -0.39 is 0 Å². The summed E-state index contributed by atoms with van der Waals surface area (Å²) in [5.41, 5.74) is 8.83. The Balaban J connectivity index is 1.71. The Kier molecular flexibility index (Phi) is 2.75. The highest BCUT2D eigenvalue weighted by Gasteiger charge is 2.26. The lowest BCUT2D eigenvalue weighted by Gasteiger charge is -2.16. The number of pyridine rings is 1. The van der Waals surface area contributed by atoms with Crippen LogP contribution in [0.4, 0.5) is 5.95 Å². The van der Waals surface area contributed by atoms with Crippen LogP contribution in [0.25, 0.3) is 10.9 Å². The number of carbonyl (C=O) groups excluding carboxylic acids is 1. The summed E-state index contributed by atoms with van der Waals surface area (Å²) in [4.78, 5) is 27.1. The van der Waals surface area contributed by atoms with Crippen LogP contribution >= 0.6 is 0 Å². The van der Waals surface area contributed by atoms with E-state index in [0.29, 0.717) is 18.7 Å². The Bertz CT molecular complexity index is 887. The fraction of sp³-hybridized carbons (Fsp3) is 0.125. The molecule has 2 aromatic heterocycles. The number of nitrogens with two attached hydrogens (primary N) is 1. The summed E-state index contributed by atoms with van der Waals surface area (Å²) >= 11 is 0. The number of hydrogen-bond donors (Lipinski definition) is 1. The minimum absolute atomic E-state index is 0.0322. The van der Waals surface area contributed by atoms with Gasteiger partial charge in [0, 0.05) is 35.5 Å². The largest absolute Gasteiger partial charge is 0.368 e. The minimum atomic E-state index is -0.0322. The van der Waals surface area contributed by atoms with E-state index in [-0.39, 0.29) is 11.9 Å². The lowest BCUT2D eigenvalue weighted by atomic mass is 10.1. The van der Waals surface area contributed by atoms with Crippen LogP contribution in [-0.2, 0) is 13.1 Å². The molecule has 4 rings (SSSR count). The van der Waals surface area contributed by atoms with Crippen molar-refractivity contribution in [3.63, 3.8) is 0 Å². The number of anilines is 1. The molecule has 0 radical (unpaired) electrons. The Morgan fingerprint density at radius 2 is 2.05 bits per heavy atom. The molecule has 3 heterocycles. The molecule has 0 atom stereocenters. The molecule has 1 aliphatic heterocycles. The molecule has 6 heteroatoms. The Morgan fingerprint density at radius 3 is 2.95 bits per heavy atom. The van der Waals surface area contributed by atoms with E-state index in [4.69, 9.17) is 5.73 Å². The van der Waals surface area contributed by atoms with Gasteiger partial charge in [0.1, 0.15) is 0 Å². The molecule has 1 amide bonds. The van der Waals surface area contributed by atoms with Gasteiger partial charge >= 0.3 is 0 Å². The van der Waals surface area contributed by atoms with Gasteiger partial charge in [0.05, 0.1) is 17.8 Å². The van der Waals surface area contributed by atoms with Crippen molar-refractivity contribution in [3.05, 3.63) is 59.5 Å². The standard InChI is InChI=1S/C16H13N5O/c17-16-19-7-10-8-21(9-14(10)20-16)15(22)12-3-1-5-13-11(12)4-2-6-18-13/h1-7H,8-9H2,(H2,17,19,20). The molecule has 0 fully saturated rings. The fourth-order valence-electron chi connectivity index (χ4n) is 2.77. The zero-order chi connectivity index (χ0) is 15.1. The molecule has 1 aliphatic rings. The molecule has 0 bridgehead atoms. The summed E-state index contributed by atoms with van der Waals surface area (Å²) in [7, 11) is 0. The van der Waals surface area contributed by atoms with Gasteiger partial charge in [-0.25, -0.2) is 9.97 Å². The van der Waals surface area contributed by atoms with Crippen molar-refractivity contribution in [2.75, 3.05) is 5.73 Å². The van der Waals surface area contributed by atoms with E-state index in [1.165, 1.54) is 0 Å². The molecule has 6 nitrogen and oxygen atoms in total. The number of benzene rings is 1. The van der Waals surface area contributed by atoms with Crippen LogP contribution in [0.15, 0.2) is 42.7 Å². The SMILES string of the molecule is Nc1ncc2c(n1)CN(C(=O)c1cccc3ncccc13)C2. The lowest BCUT2D eigenvalue weighted by molar-refractivity contribution is 0.0752. The molecule has 2 N–H and O–H groups in total. The van der Waals surface area contributed by atoms with Gasteiger partial charge in [0.25, 0.3) is 5.91 Å². The maximum Gasteiger partial charge on any atom is 0.255 e. The summed E-state index contributed by atoms with van der Waals surface area (Å²) < 4.78 is 0. The van der Waals surface area contributed by atoms with Crippen LogP contribution in [0, 0.1) is 0 Å². The van der Waals surface area contributed by atoms with Gasteiger partial charge in [-0.05, 0) is 18.2 Å². The molecule has 0 saturated carbocycles. The molecule has 3 aromatic rings. The Labute approximate surface area is 126 Å². The van der Waals surface area contributed by atoms with Crippen LogP contribution in [0.1, 0.15) is 21.6 Å². The second-order valence-corrected chi connectivity index (χ2v) is 5.24. The second kappa shape index (κ2) is 4.77. The quantitative estimate of drug-likeness (QED) is 0.738. The first-order valence-electron chi connectivity index (χ1n) is 6.95. The maximum absolute atomic E-state index is 12.8. The monoisotopic (exact) mass is 291 g/mol. The molecule has 0 spiro atoms. The van der Waals surface area contributed by atoms with Gasteiger partial charge < -0.3 is 10.6 Å². The molecule has 0 saturated heterocycles. The van der Waals surface area contributed by atoms with Crippen molar-refractivity contribution in [1.29, 1.82) is 0 Å². The van der Waals surface area contributed by atoms with Gasteiger partial charge in [0.2, 0.25) is 5.95 Å². The van der Waals surface area contributed by atoms with Crippen molar-refractivity contribution < 1.29 is 4.79 Å². The predicted molar refractivity (Wildman–Crippen MR) is 81.8 cm³/mol. The highest BCUT2D eigenvalue weighted by molar-refractivity contribution is 6.06. The summed E-state index contributed by atoms with van der Waals surface area (Å²) in [6.45, 7) is 0.961. The summed E-state index contributed by atoms with van der Waals surface area (Å²) in [6, 6.07) is 9.33. The van der Waals surface area contributed by atoms with Crippen LogP contribution in [0.3, 0.4) is 0 Å². The number of amides is 1. The average Bonchev–Trinajstić information content (AvgIpc) is 2.96. The maximum atomic E-state index is 12.8.